The number of carbonyl (C=O) groups excluding carboxylic acids is 1. The van der Waals surface area contributed by atoms with Crippen molar-refractivity contribution in [3.05, 3.63) is 52.8 Å². The van der Waals surface area contributed by atoms with Gasteiger partial charge in [-0.15, -0.1) is 36.6 Å². The lowest BCUT2D eigenvalue weighted by Gasteiger charge is -2.36. The number of likely N-dealkylation sites (tertiary alicyclic amines) is 1. The number of piperidine rings is 1. The zero-order valence-corrected chi connectivity index (χ0v) is 23.5. The molecule has 0 aliphatic carbocycles. The molecule has 2 aliphatic heterocycles. The number of ether oxygens (including phenoxy) is 1. The fourth-order valence-electron chi connectivity index (χ4n) is 4.63. The highest BCUT2D eigenvalue weighted by Gasteiger charge is 2.27. The Hall–Kier alpha value is -1.85. The lowest BCUT2D eigenvalue weighted by molar-refractivity contribution is -0.113. The molecule has 8 nitrogen and oxygen atoms in total. The quantitative estimate of drug-likeness (QED) is 0.383. The number of fused-ring (bicyclic) bond motifs is 2. The van der Waals surface area contributed by atoms with Crippen molar-refractivity contribution in [1.82, 2.24) is 20.2 Å². The first kappa shape index (κ1) is 29.7. The molecule has 1 saturated heterocycles. The van der Waals surface area contributed by atoms with Gasteiger partial charge in [0.2, 0.25) is 5.91 Å². The molecule has 0 saturated carbocycles. The van der Waals surface area contributed by atoms with Gasteiger partial charge in [0.15, 0.2) is 0 Å². The smallest absolute Gasteiger partial charge is 0.235 e. The van der Waals surface area contributed by atoms with Gasteiger partial charge in [-0.3, -0.25) is 9.78 Å². The topological polar surface area (TPSA) is 99.6 Å². The lowest BCUT2D eigenvalue weighted by Crippen LogP contribution is -2.52. The molecule has 1 aromatic carbocycles. The number of thioether (sulfide) groups is 1. The number of hydrogen-bond donors (Lipinski definition) is 3. The van der Waals surface area contributed by atoms with Crippen LogP contribution in [0.5, 0.6) is 5.75 Å². The molecule has 2 atom stereocenters. The minimum absolute atomic E-state index is 0. The number of aliphatic hydroxyl groups excluding tert-OH is 1. The van der Waals surface area contributed by atoms with Crippen LogP contribution in [-0.2, 0) is 17.8 Å². The molecule has 5 rings (SSSR count). The van der Waals surface area contributed by atoms with Crippen molar-refractivity contribution in [1.29, 1.82) is 0 Å². The Morgan fingerprint density at radius 3 is 2.92 bits per heavy atom. The molecular weight excluding hydrogens is 557 g/mol. The van der Waals surface area contributed by atoms with Gasteiger partial charge in [0, 0.05) is 37.3 Å². The highest BCUT2D eigenvalue weighted by atomic mass is 35.5. The Morgan fingerprint density at radius 1 is 1.30 bits per heavy atom. The molecule has 12 heteroatoms. The summed E-state index contributed by atoms with van der Waals surface area (Å²) in [4.78, 5) is 23.9. The maximum atomic E-state index is 11.6. The summed E-state index contributed by atoms with van der Waals surface area (Å²) in [5.41, 5.74) is 2.78. The minimum Gasteiger partial charge on any atom is -0.497 e. The number of anilines is 1. The fraction of sp³-hybridized carbons (Fsp3) is 0.400. The second-order valence-electron chi connectivity index (χ2n) is 8.85. The van der Waals surface area contributed by atoms with Crippen LogP contribution < -0.4 is 15.4 Å². The van der Waals surface area contributed by atoms with Gasteiger partial charge < -0.3 is 25.4 Å². The summed E-state index contributed by atoms with van der Waals surface area (Å²) in [7, 11) is 1.65. The monoisotopic (exact) mass is 585 g/mol. The predicted octanol–water partition coefficient (Wildman–Crippen LogP) is 3.95. The van der Waals surface area contributed by atoms with Crippen LogP contribution in [-0.4, -0.2) is 70.5 Å². The van der Waals surface area contributed by atoms with E-state index in [1.807, 2.05) is 30.3 Å². The average Bonchev–Trinajstić information content (AvgIpc) is 2.87. The normalized spacial score (nSPS) is 19.4. The number of carbonyl (C=O) groups is 1. The van der Waals surface area contributed by atoms with Crippen LogP contribution in [0, 0.1) is 0 Å². The van der Waals surface area contributed by atoms with Crippen molar-refractivity contribution in [3.63, 3.8) is 0 Å². The number of methoxy groups -OCH3 is 1. The van der Waals surface area contributed by atoms with Crippen LogP contribution in [0.4, 0.5) is 5.82 Å². The first-order valence-corrected chi connectivity index (χ1v) is 13.0. The van der Waals surface area contributed by atoms with E-state index in [2.05, 4.69) is 25.5 Å². The van der Waals surface area contributed by atoms with Gasteiger partial charge in [-0.2, -0.15) is 0 Å². The highest BCUT2D eigenvalue weighted by Crippen LogP contribution is 2.30. The van der Waals surface area contributed by atoms with Crippen molar-refractivity contribution in [2.45, 2.75) is 36.4 Å². The first-order valence-electron chi connectivity index (χ1n) is 11.7. The van der Waals surface area contributed by atoms with Gasteiger partial charge >= 0.3 is 0 Å². The van der Waals surface area contributed by atoms with E-state index in [-0.39, 0.29) is 36.8 Å². The summed E-state index contributed by atoms with van der Waals surface area (Å²) in [6, 6.07) is 9.77. The van der Waals surface area contributed by atoms with Crippen LogP contribution in [0.3, 0.4) is 0 Å². The van der Waals surface area contributed by atoms with Crippen molar-refractivity contribution >= 4 is 70.8 Å². The van der Waals surface area contributed by atoms with Crippen LogP contribution in [0.1, 0.15) is 17.7 Å². The third-order valence-corrected chi connectivity index (χ3v) is 7.93. The maximum Gasteiger partial charge on any atom is 0.235 e. The molecule has 2 aliphatic rings. The SMILES string of the molecule is COc1ccc2ncc(Cl)c(CCN3CCC(NCc4ccc5c(n4)NC(=O)CS5)C(O)C3)c2c1.Cl.Cl. The molecule has 2 aromatic heterocycles. The predicted molar refractivity (Wildman–Crippen MR) is 153 cm³/mol. The molecule has 0 spiro atoms. The first-order chi connectivity index (χ1) is 17.0. The number of nitrogens with one attached hydrogen (secondary N) is 2. The Balaban J connectivity index is 0.00000190. The second-order valence-corrected chi connectivity index (χ2v) is 10.3. The summed E-state index contributed by atoms with van der Waals surface area (Å²) in [5, 5.41) is 18.7. The van der Waals surface area contributed by atoms with Gasteiger partial charge in [0.1, 0.15) is 11.6 Å². The molecule has 1 amide bonds. The number of amides is 1. The van der Waals surface area contributed by atoms with E-state index in [4.69, 9.17) is 16.3 Å². The van der Waals surface area contributed by atoms with Crippen LogP contribution in [0.25, 0.3) is 10.9 Å². The average molecular weight is 587 g/mol. The Labute approximate surface area is 237 Å². The Kier molecular flexibility index (Phi) is 10.7. The molecule has 3 aromatic rings. The Bertz CT molecular complexity index is 1250. The summed E-state index contributed by atoms with van der Waals surface area (Å²) in [5.74, 6) is 1.80. The third kappa shape index (κ3) is 6.97. The lowest BCUT2D eigenvalue weighted by atomic mass is 10.00. The zero-order valence-electron chi connectivity index (χ0n) is 20.3. The van der Waals surface area contributed by atoms with Crippen LogP contribution in [0.15, 0.2) is 41.4 Å². The van der Waals surface area contributed by atoms with Gasteiger partial charge in [0.05, 0.1) is 40.1 Å². The van der Waals surface area contributed by atoms with Crippen molar-refractivity contribution in [2.24, 2.45) is 0 Å². The standard InChI is InChI=1S/C25H28ClN5O3S.2ClH/c1-34-16-3-4-20-18(10-16)17(19(26)12-28-20)6-8-31-9-7-21(22(32)13-31)27-11-15-2-5-23-25(29-15)30-24(33)14-35-23;;/h2-5,10,12,21-22,27,32H,6-9,11,13-14H2,1H3,(H,29,30,33);2*1H. The molecule has 4 heterocycles. The molecule has 200 valence electrons. The number of pyridine rings is 2. The highest BCUT2D eigenvalue weighted by molar-refractivity contribution is 8.00. The fourth-order valence-corrected chi connectivity index (χ4v) is 5.63. The van der Waals surface area contributed by atoms with Crippen molar-refractivity contribution in [3.8, 4) is 5.75 Å². The molecule has 0 radical (unpaired) electrons. The van der Waals surface area contributed by atoms with Gasteiger partial charge in [-0.05, 0) is 55.3 Å². The maximum absolute atomic E-state index is 11.6. The number of aliphatic hydroxyl groups is 1. The number of hydrogen-bond acceptors (Lipinski definition) is 8. The summed E-state index contributed by atoms with van der Waals surface area (Å²) in [6.45, 7) is 2.80. The third-order valence-electron chi connectivity index (χ3n) is 6.56. The van der Waals surface area contributed by atoms with E-state index < -0.39 is 6.10 Å². The van der Waals surface area contributed by atoms with E-state index in [1.54, 1.807) is 13.3 Å². The largest absolute Gasteiger partial charge is 0.497 e. The minimum atomic E-state index is -0.485. The molecule has 0 bridgehead atoms. The molecule has 37 heavy (non-hydrogen) atoms. The number of β-amino-alcohol motifs (C(OH)–C–C–N with tert-alkyl or cyclic N) is 1. The summed E-state index contributed by atoms with van der Waals surface area (Å²) < 4.78 is 5.38. The van der Waals surface area contributed by atoms with E-state index in [1.165, 1.54) is 11.8 Å². The summed E-state index contributed by atoms with van der Waals surface area (Å²) >= 11 is 8.01. The zero-order chi connectivity index (χ0) is 24.4. The van der Waals surface area contributed by atoms with Gasteiger partial charge in [-0.1, -0.05) is 11.6 Å². The van der Waals surface area contributed by atoms with Crippen LogP contribution >= 0.6 is 48.2 Å². The molecule has 3 N–H and O–H groups in total. The van der Waals surface area contributed by atoms with E-state index >= 15 is 0 Å². The number of nitrogens with zero attached hydrogens (tertiary/aromatic N) is 3. The van der Waals surface area contributed by atoms with E-state index in [0.717, 1.165) is 58.7 Å². The number of rotatable bonds is 7. The number of benzene rings is 1. The second kappa shape index (κ2) is 13.3. The van der Waals surface area contributed by atoms with Crippen molar-refractivity contribution in [2.75, 3.05) is 37.8 Å². The van der Waals surface area contributed by atoms with E-state index in [0.29, 0.717) is 29.7 Å². The molecule has 1 fully saturated rings. The van der Waals surface area contributed by atoms with E-state index in [9.17, 15) is 9.90 Å². The molecule has 2 unspecified atom stereocenters. The molecular formula is C25H30Cl3N5O3S. The van der Waals surface area contributed by atoms with Crippen molar-refractivity contribution < 1.29 is 14.6 Å². The Morgan fingerprint density at radius 2 is 2.14 bits per heavy atom. The van der Waals surface area contributed by atoms with Gasteiger partial charge in [-0.25, -0.2) is 4.98 Å². The number of halogens is 3. The summed E-state index contributed by atoms with van der Waals surface area (Å²) in [6.07, 6.45) is 2.81. The van der Waals surface area contributed by atoms with Gasteiger partial charge in [0.25, 0.3) is 0 Å². The van der Waals surface area contributed by atoms with Crippen LogP contribution in [0.2, 0.25) is 5.02 Å². The number of aromatic nitrogens is 2.